The first-order valence-corrected chi connectivity index (χ1v) is 7.46. The van der Waals surface area contributed by atoms with Crippen LogP contribution < -0.4 is 57.1 Å². The lowest BCUT2D eigenvalue weighted by molar-refractivity contribution is -0.714. The molecule has 2 aromatic rings. The summed E-state index contributed by atoms with van der Waals surface area (Å²) in [7, 11) is 0. The lowest BCUT2D eigenvalue weighted by Gasteiger charge is -2.00. The Morgan fingerprint density at radius 2 is 1.24 bits per heavy atom. The van der Waals surface area contributed by atoms with E-state index >= 15 is 0 Å². The van der Waals surface area contributed by atoms with E-state index in [0.29, 0.717) is 0 Å². The van der Waals surface area contributed by atoms with Gasteiger partial charge in [-0.15, -0.1) is 0 Å². The minimum Gasteiger partial charge on any atom is -1.00 e. The van der Waals surface area contributed by atoms with E-state index in [2.05, 4.69) is 45.3 Å². The summed E-state index contributed by atoms with van der Waals surface area (Å²) >= 11 is 0. The molecule has 6 heteroatoms. The van der Waals surface area contributed by atoms with Gasteiger partial charge in [-0.1, -0.05) is 26.7 Å². The Balaban J connectivity index is 0.00000200. The fraction of sp³-hybridized carbons (Fsp3) is 0.600. The van der Waals surface area contributed by atoms with Crippen LogP contribution in [0.3, 0.4) is 0 Å². The second-order valence-electron chi connectivity index (χ2n) is 5.08. The maximum atomic E-state index is 3.37. The Hall–Kier alpha value is -0.120. The van der Waals surface area contributed by atoms with Crippen LogP contribution in [0.1, 0.15) is 51.2 Å². The van der Waals surface area contributed by atoms with Crippen LogP contribution in [-0.4, -0.2) is 9.97 Å². The second kappa shape index (κ2) is 11.4. The van der Waals surface area contributed by atoms with Gasteiger partial charge in [-0.25, -0.2) is 19.1 Å². The predicted octanol–water partition coefficient (Wildman–Crippen LogP) is -3.88. The Morgan fingerprint density at radius 3 is 1.62 bits per heavy atom. The van der Waals surface area contributed by atoms with Crippen molar-refractivity contribution in [3.63, 3.8) is 0 Å². The molecular weight excluding hydrogens is 490 g/mol. The van der Waals surface area contributed by atoms with E-state index < -0.39 is 0 Å². The van der Waals surface area contributed by atoms with Gasteiger partial charge in [-0.2, -0.15) is 0 Å². The van der Waals surface area contributed by atoms with Gasteiger partial charge in [-0.3, -0.25) is 0 Å². The Bertz CT molecular complexity index is 449. The first-order chi connectivity index (χ1) is 9.35. The first kappa shape index (κ1) is 20.9. The van der Waals surface area contributed by atoms with Crippen LogP contribution in [0.15, 0.2) is 24.8 Å². The first-order valence-electron chi connectivity index (χ1n) is 7.46. The van der Waals surface area contributed by atoms with Crippen LogP contribution in [0.2, 0.25) is 0 Å². The zero-order valence-electron chi connectivity index (χ0n) is 12.9. The number of halogens is 2. The van der Waals surface area contributed by atoms with E-state index in [1.54, 1.807) is 0 Å². The normalized spacial score (nSPS) is 10.0. The van der Waals surface area contributed by atoms with E-state index in [1.165, 1.54) is 37.3 Å². The van der Waals surface area contributed by atoms with Gasteiger partial charge in [0.05, 0.1) is 13.1 Å². The molecule has 0 aromatic carbocycles. The van der Waals surface area contributed by atoms with Gasteiger partial charge in [0.1, 0.15) is 24.8 Å². The number of imidazole rings is 2. The van der Waals surface area contributed by atoms with Gasteiger partial charge in [-0.05, 0) is 12.8 Å². The molecule has 0 atom stereocenters. The van der Waals surface area contributed by atoms with Crippen molar-refractivity contribution in [1.29, 1.82) is 0 Å². The molecule has 0 amide bonds. The summed E-state index contributed by atoms with van der Waals surface area (Å²) in [5.41, 5.74) is 0. The Labute approximate surface area is 161 Å². The summed E-state index contributed by atoms with van der Waals surface area (Å²) in [5, 5.41) is 0. The molecule has 2 aromatic heterocycles. The predicted molar refractivity (Wildman–Crippen MR) is 74.6 cm³/mol. The average Bonchev–Trinajstić information content (AvgIpc) is 3.04. The monoisotopic (exact) mass is 516 g/mol. The van der Waals surface area contributed by atoms with Crippen molar-refractivity contribution >= 4 is 0 Å². The highest BCUT2D eigenvalue weighted by atomic mass is 127. The Morgan fingerprint density at radius 1 is 0.810 bits per heavy atom. The van der Waals surface area contributed by atoms with Crippen LogP contribution in [0, 0.1) is 0 Å². The number of nitrogens with zero attached hydrogens (tertiary/aromatic N) is 2. The van der Waals surface area contributed by atoms with Crippen LogP contribution in [0.5, 0.6) is 0 Å². The molecular formula is C15H26I2N4. The number of aromatic nitrogens is 4. The molecule has 0 fully saturated rings. The molecule has 120 valence electrons. The molecule has 0 saturated carbocycles. The SMILES string of the molecule is CCCC[n+]1cc[nH]c1Cc1[nH]cc[n+]1CCCC.[I-].[I-]. The molecule has 0 aliphatic rings. The van der Waals surface area contributed by atoms with Gasteiger partial charge in [0.2, 0.25) is 0 Å². The van der Waals surface area contributed by atoms with Crippen LogP contribution in [-0.2, 0) is 19.5 Å². The minimum absolute atomic E-state index is 0. The van der Waals surface area contributed by atoms with Crippen molar-refractivity contribution < 1.29 is 57.1 Å². The van der Waals surface area contributed by atoms with Crippen LogP contribution >= 0.6 is 0 Å². The van der Waals surface area contributed by atoms with Gasteiger partial charge in [0.15, 0.2) is 6.42 Å². The van der Waals surface area contributed by atoms with Crippen molar-refractivity contribution in [2.75, 3.05) is 0 Å². The Kier molecular flexibility index (Phi) is 11.4. The van der Waals surface area contributed by atoms with Crippen molar-refractivity contribution in [2.45, 2.75) is 59.0 Å². The van der Waals surface area contributed by atoms with Crippen molar-refractivity contribution in [3.8, 4) is 0 Å². The average molecular weight is 516 g/mol. The zero-order valence-corrected chi connectivity index (χ0v) is 17.2. The summed E-state index contributed by atoms with van der Waals surface area (Å²) in [5.74, 6) is 2.56. The third-order valence-electron chi connectivity index (χ3n) is 3.54. The van der Waals surface area contributed by atoms with Crippen LogP contribution in [0.25, 0.3) is 0 Å². The number of aryl methyl sites for hydroxylation is 2. The lowest BCUT2D eigenvalue weighted by atomic mass is 10.3. The summed E-state index contributed by atoms with van der Waals surface area (Å²) in [6.07, 6.45) is 14.2. The number of unbranched alkanes of at least 4 members (excludes halogenated alkanes) is 2. The summed E-state index contributed by atoms with van der Waals surface area (Å²) in [4.78, 5) is 6.73. The highest BCUT2D eigenvalue weighted by molar-refractivity contribution is 4.90. The summed E-state index contributed by atoms with van der Waals surface area (Å²) in [6.45, 7) is 6.67. The molecule has 0 bridgehead atoms. The quantitative estimate of drug-likeness (QED) is 0.267. The molecule has 0 aliphatic heterocycles. The summed E-state index contributed by atoms with van der Waals surface area (Å²) < 4.78 is 4.66. The molecule has 0 spiro atoms. The smallest absolute Gasteiger partial charge is 0.266 e. The van der Waals surface area contributed by atoms with E-state index in [9.17, 15) is 0 Å². The van der Waals surface area contributed by atoms with Crippen molar-refractivity contribution in [3.05, 3.63) is 36.4 Å². The lowest BCUT2D eigenvalue weighted by Crippen LogP contribution is -3.00. The standard InChI is InChI=1S/C15H24N4.2HI/c1-3-5-9-18-11-7-16-14(18)13-15-17-8-12-19(15)10-6-4-2;;/h7-8,11-12H,3-6,9-10,13H2,1-2H3;2*1H. The molecule has 4 nitrogen and oxygen atoms in total. The second-order valence-corrected chi connectivity index (χ2v) is 5.08. The molecule has 21 heavy (non-hydrogen) atoms. The van der Waals surface area contributed by atoms with E-state index in [0.717, 1.165) is 19.5 Å². The largest absolute Gasteiger partial charge is 1.00 e. The number of rotatable bonds is 8. The van der Waals surface area contributed by atoms with E-state index in [-0.39, 0.29) is 48.0 Å². The van der Waals surface area contributed by atoms with Gasteiger partial charge >= 0.3 is 0 Å². The van der Waals surface area contributed by atoms with Crippen molar-refractivity contribution in [1.82, 2.24) is 9.97 Å². The number of nitrogens with one attached hydrogen (secondary N) is 2. The number of aromatic amines is 2. The van der Waals surface area contributed by atoms with Crippen LogP contribution in [0.4, 0.5) is 0 Å². The fourth-order valence-corrected chi connectivity index (χ4v) is 2.33. The van der Waals surface area contributed by atoms with Gasteiger partial charge in [0.25, 0.3) is 11.6 Å². The van der Waals surface area contributed by atoms with Gasteiger partial charge < -0.3 is 48.0 Å². The van der Waals surface area contributed by atoms with E-state index in [1.807, 2.05) is 12.4 Å². The number of H-pyrrole nitrogens is 2. The highest BCUT2D eigenvalue weighted by Gasteiger charge is 2.18. The highest BCUT2D eigenvalue weighted by Crippen LogP contribution is 1.99. The maximum Gasteiger partial charge on any atom is 0.266 e. The maximum absolute atomic E-state index is 3.37. The third kappa shape index (κ3) is 6.25. The van der Waals surface area contributed by atoms with Crippen molar-refractivity contribution in [2.24, 2.45) is 0 Å². The molecule has 0 unspecified atom stereocenters. The zero-order chi connectivity index (χ0) is 13.5. The molecule has 0 saturated heterocycles. The summed E-state index contributed by atoms with van der Waals surface area (Å²) in [6, 6.07) is 0. The van der Waals surface area contributed by atoms with E-state index in [4.69, 9.17) is 0 Å². The minimum atomic E-state index is 0. The molecule has 2 heterocycles. The molecule has 0 radical (unpaired) electrons. The molecule has 0 aliphatic carbocycles. The fourth-order valence-electron chi connectivity index (χ4n) is 2.33. The number of hydrogen-bond donors (Lipinski definition) is 2. The molecule has 2 rings (SSSR count). The third-order valence-corrected chi connectivity index (χ3v) is 3.54. The van der Waals surface area contributed by atoms with Gasteiger partial charge in [0, 0.05) is 0 Å². The number of hydrogen-bond acceptors (Lipinski definition) is 0. The topological polar surface area (TPSA) is 39.3 Å². The molecule has 2 N–H and O–H groups in total.